The fraction of sp³-hybridized carbons (Fsp3) is 0.474. The molecule has 1 atom stereocenters. The third-order valence-electron chi connectivity index (χ3n) is 5.32. The maximum atomic E-state index is 12.5. The number of nitrogens with zero attached hydrogens (tertiary/aromatic N) is 5. The predicted molar refractivity (Wildman–Crippen MR) is 108 cm³/mol. The van der Waals surface area contributed by atoms with Gasteiger partial charge in [-0.3, -0.25) is 9.47 Å². The zero-order valence-corrected chi connectivity index (χ0v) is 16.9. The molecule has 1 N–H and O–H groups in total. The highest BCUT2D eigenvalue weighted by atomic mass is 16.6. The lowest BCUT2D eigenvalue weighted by Gasteiger charge is -2.37. The molecule has 3 heterocycles. The van der Waals surface area contributed by atoms with Gasteiger partial charge in [-0.25, -0.2) is 4.79 Å². The third kappa shape index (κ3) is 4.15. The normalized spacial score (nSPS) is 21.1. The van der Waals surface area contributed by atoms with Crippen molar-refractivity contribution in [3.8, 4) is 11.8 Å². The molecule has 11 nitrogen and oxygen atoms in total. The summed E-state index contributed by atoms with van der Waals surface area (Å²) in [5.41, 5.74) is 0.212. The van der Waals surface area contributed by atoms with Crippen LogP contribution in [-0.4, -0.2) is 75.7 Å². The van der Waals surface area contributed by atoms with E-state index in [4.69, 9.17) is 9.47 Å². The zero-order valence-electron chi connectivity index (χ0n) is 16.9. The van der Waals surface area contributed by atoms with E-state index in [-0.39, 0.29) is 17.9 Å². The highest BCUT2D eigenvalue weighted by Gasteiger charge is 2.42. The summed E-state index contributed by atoms with van der Waals surface area (Å²) in [5.74, 6) is 0.532. The number of benzene rings is 1. The first-order valence-corrected chi connectivity index (χ1v) is 9.68. The number of hydrogen-bond donors (Lipinski definition) is 1. The Balaban J connectivity index is 1.26. The van der Waals surface area contributed by atoms with Crippen LogP contribution in [0.25, 0.3) is 0 Å². The van der Waals surface area contributed by atoms with Crippen molar-refractivity contribution in [3.05, 3.63) is 40.6 Å². The van der Waals surface area contributed by atoms with Gasteiger partial charge in [0.25, 0.3) is 0 Å². The molecule has 0 radical (unpaired) electrons. The van der Waals surface area contributed by atoms with Gasteiger partial charge < -0.3 is 29.8 Å². The van der Waals surface area contributed by atoms with Gasteiger partial charge in [-0.2, -0.15) is 0 Å². The van der Waals surface area contributed by atoms with Crippen LogP contribution >= 0.6 is 0 Å². The molecule has 0 bridgehead atoms. The molecule has 1 fully saturated rings. The molecule has 1 unspecified atom stereocenters. The molecule has 160 valence electrons. The van der Waals surface area contributed by atoms with E-state index in [0.717, 1.165) is 24.5 Å². The number of carbonyl (C=O) groups excluding carboxylic acids is 1. The van der Waals surface area contributed by atoms with Crippen LogP contribution in [0.4, 0.5) is 16.3 Å². The smallest absolute Gasteiger partial charge is 0.415 e. The molecule has 2 amide bonds. The molecule has 4 rings (SSSR count). The fourth-order valence-electron chi connectivity index (χ4n) is 3.82. The van der Waals surface area contributed by atoms with Gasteiger partial charge >= 0.3 is 17.9 Å². The summed E-state index contributed by atoms with van der Waals surface area (Å²) in [4.78, 5) is 30.8. The minimum atomic E-state index is -0.526. The van der Waals surface area contributed by atoms with E-state index in [1.54, 1.807) is 40.8 Å². The highest BCUT2D eigenvalue weighted by molar-refractivity contribution is 5.89. The maximum absolute atomic E-state index is 12.5. The number of imidazole rings is 1. The number of fused-ring (bicyclic) bond motifs is 1. The maximum Gasteiger partial charge on any atom is 0.415 e. The Morgan fingerprint density at radius 1 is 1.30 bits per heavy atom. The van der Waals surface area contributed by atoms with Gasteiger partial charge in [0.05, 0.1) is 13.7 Å². The second kappa shape index (κ2) is 7.82. The van der Waals surface area contributed by atoms with Crippen molar-refractivity contribution in [2.45, 2.75) is 19.1 Å². The minimum absolute atomic E-state index is 0.129. The van der Waals surface area contributed by atoms with Crippen molar-refractivity contribution >= 4 is 17.5 Å². The summed E-state index contributed by atoms with van der Waals surface area (Å²) in [7, 11) is 1.60. The van der Waals surface area contributed by atoms with Crippen LogP contribution in [0.3, 0.4) is 0 Å². The lowest BCUT2D eigenvalue weighted by Crippen LogP contribution is -2.54. The molecule has 1 saturated heterocycles. The second-order valence-corrected chi connectivity index (χ2v) is 7.74. The quantitative estimate of drug-likeness (QED) is 0.584. The van der Waals surface area contributed by atoms with Gasteiger partial charge in [-0.1, -0.05) is 0 Å². The summed E-state index contributed by atoms with van der Waals surface area (Å²) in [6, 6.07) is 7.36. The van der Waals surface area contributed by atoms with Crippen LogP contribution in [0.15, 0.2) is 30.5 Å². The molecule has 2 aromatic rings. The summed E-state index contributed by atoms with van der Waals surface area (Å²) < 4.78 is 12.7. The van der Waals surface area contributed by atoms with Crippen LogP contribution in [-0.2, 0) is 6.54 Å². The number of nitrogens with one attached hydrogen (secondary N) is 1. The number of urea groups is 1. The first-order chi connectivity index (χ1) is 14.3. The summed E-state index contributed by atoms with van der Waals surface area (Å²) in [6.07, 6.45) is 1.40. The minimum Gasteiger partial charge on any atom is -0.497 e. The Kier molecular flexibility index (Phi) is 5.20. The Bertz CT molecular complexity index is 912. The van der Waals surface area contributed by atoms with E-state index in [1.807, 2.05) is 6.92 Å². The van der Waals surface area contributed by atoms with Crippen LogP contribution in [0.1, 0.15) is 6.92 Å². The molecule has 2 aliphatic rings. The summed E-state index contributed by atoms with van der Waals surface area (Å²) in [5, 5.41) is 13.7. The fourth-order valence-corrected chi connectivity index (χ4v) is 3.82. The summed E-state index contributed by atoms with van der Waals surface area (Å²) >= 11 is 0. The number of nitro groups is 1. The van der Waals surface area contributed by atoms with E-state index < -0.39 is 10.5 Å². The third-order valence-corrected chi connectivity index (χ3v) is 5.32. The Morgan fingerprint density at radius 2 is 2.00 bits per heavy atom. The topological polar surface area (TPSA) is 115 Å². The molecule has 1 aromatic heterocycles. The van der Waals surface area contributed by atoms with Gasteiger partial charge in [0.15, 0.2) is 0 Å². The Hall–Kier alpha value is -3.34. The average Bonchev–Trinajstić information content (AvgIpc) is 3.24. The van der Waals surface area contributed by atoms with E-state index in [1.165, 1.54) is 6.20 Å². The van der Waals surface area contributed by atoms with Gasteiger partial charge in [-0.15, -0.1) is 0 Å². The highest BCUT2D eigenvalue weighted by Crippen LogP contribution is 2.31. The molecule has 30 heavy (non-hydrogen) atoms. The Morgan fingerprint density at radius 3 is 2.60 bits per heavy atom. The van der Waals surface area contributed by atoms with Gasteiger partial charge in [0.2, 0.25) is 0 Å². The molecule has 0 aliphatic carbocycles. The van der Waals surface area contributed by atoms with Gasteiger partial charge in [-0.05, 0) is 36.1 Å². The van der Waals surface area contributed by atoms with Crippen molar-refractivity contribution in [1.82, 2.24) is 19.4 Å². The van der Waals surface area contributed by atoms with Crippen molar-refractivity contribution in [1.29, 1.82) is 0 Å². The number of piperazine rings is 1. The van der Waals surface area contributed by atoms with Crippen molar-refractivity contribution in [2.75, 3.05) is 45.2 Å². The number of anilines is 1. The average molecular weight is 416 g/mol. The van der Waals surface area contributed by atoms with Crippen LogP contribution in [0.5, 0.6) is 11.8 Å². The van der Waals surface area contributed by atoms with Crippen molar-refractivity contribution in [2.24, 2.45) is 0 Å². The zero-order chi connectivity index (χ0) is 21.3. The van der Waals surface area contributed by atoms with E-state index >= 15 is 0 Å². The second-order valence-electron chi connectivity index (χ2n) is 7.74. The number of amides is 2. The first-order valence-electron chi connectivity index (χ1n) is 9.68. The summed E-state index contributed by atoms with van der Waals surface area (Å²) in [6.45, 7) is 5.77. The number of hydrogen-bond acceptors (Lipinski definition) is 7. The van der Waals surface area contributed by atoms with E-state index in [9.17, 15) is 14.9 Å². The Labute approximate surface area is 173 Å². The van der Waals surface area contributed by atoms with E-state index in [2.05, 4.69) is 15.2 Å². The molecular formula is C19H24N6O5. The van der Waals surface area contributed by atoms with Crippen LogP contribution in [0.2, 0.25) is 0 Å². The number of rotatable bonds is 5. The molecular weight excluding hydrogens is 392 g/mol. The SMILES string of the molecule is COc1ccc(NC(=O)N2CCN(CC3(C)Cn4cc([N+](=O)[O-])nc4O3)CC2)cc1. The predicted octanol–water partition coefficient (Wildman–Crippen LogP) is 1.80. The van der Waals surface area contributed by atoms with Crippen molar-refractivity contribution < 1.29 is 19.2 Å². The van der Waals surface area contributed by atoms with Crippen LogP contribution in [0, 0.1) is 10.1 Å². The largest absolute Gasteiger partial charge is 0.497 e. The molecule has 0 spiro atoms. The molecule has 0 saturated carbocycles. The number of carbonyl (C=O) groups is 1. The van der Waals surface area contributed by atoms with Crippen LogP contribution < -0.4 is 14.8 Å². The standard InChI is InChI=1S/C19H24N6O5/c1-19(13-24-11-16(25(27)28)21-18(24)30-19)12-22-7-9-23(10-8-22)17(26)20-14-3-5-15(29-2)6-4-14/h3-6,11H,7-10,12-13H2,1-2H3,(H,20,26). The van der Waals surface area contributed by atoms with Gasteiger partial charge in [0.1, 0.15) is 17.5 Å². The number of aromatic nitrogens is 2. The monoisotopic (exact) mass is 416 g/mol. The van der Waals surface area contributed by atoms with Crippen molar-refractivity contribution in [3.63, 3.8) is 0 Å². The van der Waals surface area contributed by atoms with Gasteiger partial charge in [0, 0.05) is 43.4 Å². The number of methoxy groups -OCH3 is 1. The first kappa shape index (κ1) is 20.0. The number of ether oxygens (including phenoxy) is 2. The lowest BCUT2D eigenvalue weighted by molar-refractivity contribution is -0.389. The molecule has 2 aliphatic heterocycles. The molecule has 1 aromatic carbocycles. The lowest BCUT2D eigenvalue weighted by atomic mass is 10.1. The molecule has 11 heteroatoms. The van der Waals surface area contributed by atoms with E-state index in [0.29, 0.717) is 26.2 Å².